The van der Waals surface area contributed by atoms with Crippen LogP contribution >= 0.6 is 0 Å². The van der Waals surface area contributed by atoms with Crippen molar-refractivity contribution < 1.29 is 9.32 Å². The van der Waals surface area contributed by atoms with Gasteiger partial charge in [-0.25, -0.2) is 0 Å². The third-order valence-electron chi connectivity index (χ3n) is 1.50. The Hall–Kier alpha value is -1.19. The van der Waals surface area contributed by atoms with Gasteiger partial charge in [-0.2, -0.15) is 4.98 Å². The lowest BCUT2D eigenvalue weighted by Gasteiger charge is -1.87. The molecule has 0 unspecified atom stereocenters. The molecule has 0 saturated carbocycles. The first-order chi connectivity index (χ1) is 5.77. The van der Waals surface area contributed by atoms with Crippen LogP contribution < -0.4 is 0 Å². The summed E-state index contributed by atoms with van der Waals surface area (Å²) in [5.41, 5.74) is 0. The van der Waals surface area contributed by atoms with Crippen LogP contribution in [-0.2, 0) is 6.42 Å². The number of aryl methyl sites for hydroxylation is 1. The van der Waals surface area contributed by atoms with E-state index in [9.17, 15) is 4.79 Å². The normalized spacial score (nSPS) is 10.2. The summed E-state index contributed by atoms with van der Waals surface area (Å²) in [6.45, 7) is 3.85. The zero-order valence-electron chi connectivity index (χ0n) is 7.33. The third-order valence-corrected chi connectivity index (χ3v) is 1.50. The van der Waals surface area contributed by atoms with E-state index in [0.717, 1.165) is 6.42 Å². The van der Waals surface area contributed by atoms with E-state index in [1.165, 1.54) is 0 Å². The number of hydrogen-bond acceptors (Lipinski definition) is 4. The highest BCUT2D eigenvalue weighted by Crippen LogP contribution is 2.02. The second kappa shape index (κ2) is 3.99. The van der Waals surface area contributed by atoms with Gasteiger partial charge in [0.1, 0.15) is 0 Å². The van der Waals surface area contributed by atoms with Crippen molar-refractivity contribution in [2.24, 2.45) is 0 Å². The number of hydrogen-bond donors (Lipinski definition) is 0. The lowest BCUT2D eigenvalue weighted by atomic mass is 10.2. The van der Waals surface area contributed by atoms with E-state index in [2.05, 4.69) is 10.1 Å². The molecule has 1 aromatic rings. The molecule has 1 aromatic heterocycles. The van der Waals surface area contributed by atoms with Crippen molar-refractivity contribution in [2.45, 2.75) is 33.1 Å². The van der Waals surface area contributed by atoms with Gasteiger partial charge in [0.05, 0.1) is 0 Å². The summed E-state index contributed by atoms with van der Waals surface area (Å²) < 4.78 is 4.80. The Bertz CT molecular complexity index is 268. The summed E-state index contributed by atoms with van der Waals surface area (Å²) in [4.78, 5) is 15.1. The molecule has 66 valence electrons. The molecule has 0 aliphatic heterocycles. The van der Waals surface area contributed by atoms with E-state index in [-0.39, 0.29) is 11.6 Å². The molecule has 4 heteroatoms. The molecule has 1 heterocycles. The fourth-order valence-corrected chi connectivity index (χ4v) is 0.851. The van der Waals surface area contributed by atoms with Gasteiger partial charge in [-0.3, -0.25) is 4.79 Å². The van der Waals surface area contributed by atoms with E-state index in [4.69, 9.17) is 4.52 Å². The highest BCUT2D eigenvalue weighted by atomic mass is 16.5. The fraction of sp³-hybridized carbons (Fsp3) is 0.625. The first-order valence-corrected chi connectivity index (χ1v) is 4.13. The van der Waals surface area contributed by atoms with Gasteiger partial charge < -0.3 is 4.52 Å². The standard InChI is InChI=1S/C8H12N2O2/c1-3-5-6(11)8-9-7(4-2)12-10-8/h3-5H2,1-2H3. The summed E-state index contributed by atoms with van der Waals surface area (Å²) in [6, 6.07) is 0. The Labute approximate surface area is 71.0 Å². The zero-order chi connectivity index (χ0) is 8.97. The monoisotopic (exact) mass is 168 g/mol. The number of ketones is 1. The number of rotatable bonds is 4. The van der Waals surface area contributed by atoms with Crippen LogP contribution in [0.15, 0.2) is 4.52 Å². The lowest BCUT2D eigenvalue weighted by molar-refractivity contribution is 0.0969. The van der Waals surface area contributed by atoms with Crippen LogP contribution in [0, 0.1) is 0 Å². The van der Waals surface area contributed by atoms with Crippen molar-refractivity contribution in [3.05, 3.63) is 11.7 Å². The molecule has 12 heavy (non-hydrogen) atoms. The topological polar surface area (TPSA) is 56.0 Å². The minimum Gasteiger partial charge on any atom is -0.339 e. The number of nitrogens with zero attached hydrogens (tertiary/aromatic N) is 2. The lowest BCUT2D eigenvalue weighted by Crippen LogP contribution is -2.00. The smallest absolute Gasteiger partial charge is 0.238 e. The summed E-state index contributed by atoms with van der Waals surface area (Å²) in [7, 11) is 0. The first kappa shape index (κ1) is 8.90. The summed E-state index contributed by atoms with van der Waals surface area (Å²) in [6.07, 6.45) is 1.98. The maximum absolute atomic E-state index is 11.2. The number of aromatic nitrogens is 2. The minimum atomic E-state index is -0.0408. The average Bonchev–Trinajstić information content (AvgIpc) is 2.52. The predicted molar refractivity (Wildman–Crippen MR) is 42.9 cm³/mol. The highest BCUT2D eigenvalue weighted by molar-refractivity contribution is 5.92. The van der Waals surface area contributed by atoms with Crippen LogP contribution in [0.1, 0.15) is 43.2 Å². The molecule has 0 N–H and O–H groups in total. The summed E-state index contributed by atoms with van der Waals surface area (Å²) >= 11 is 0. The largest absolute Gasteiger partial charge is 0.339 e. The van der Waals surface area contributed by atoms with Gasteiger partial charge in [-0.15, -0.1) is 0 Å². The van der Waals surface area contributed by atoms with Gasteiger partial charge in [-0.05, 0) is 6.42 Å². The Morgan fingerprint density at radius 2 is 2.25 bits per heavy atom. The van der Waals surface area contributed by atoms with Gasteiger partial charge in [0.15, 0.2) is 0 Å². The third kappa shape index (κ3) is 1.90. The molecule has 0 bridgehead atoms. The van der Waals surface area contributed by atoms with Gasteiger partial charge in [0, 0.05) is 12.8 Å². The van der Waals surface area contributed by atoms with E-state index in [1.807, 2.05) is 13.8 Å². The van der Waals surface area contributed by atoms with Gasteiger partial charge in [0.25, 0.3) is 0 Å². The van der Waals surface area contributed by atoms with Crippen molar-refractivity contribution in [2.75, 3.05) is 0 Å². The molecule has 0 aliphatic carbocycles. The number of Topliss-reactive ketones (excluding diaryl/α,β-unsaturated/α-hetero) is 1. The average molecular weight is 168 g/mol. The molecular formula is C8H12N2O2. The fourth-order valence-electron chi connectivity index (χ4n) is 0.851. The van der Waals surface area contributed by atoms with Crippen LogP contribution in [0.25, 0.3) is 0 Å². The van der Waals surface area contributed by atoms with Crippen molar-refractivity contribution in [1.82, 2.24) is 10.1 Å². The molecule has 0 aromatic carbocycles. The molecule has 0 fully saturated rings. The number of carbonyl (C=O) groups excluding carboxylic acids is 1. The van der Waals surface area contributed by atoms with Gasteiger partial charge in [-0.1, -0.05) is 19.0 Å². The zero-order valence-corrected chi connectivity index (χ0v) is 7.33. The Balaban J connectivity index is 2.68. The number of carbonyl (C=O) groups is 1. The molecular weight excluding hydrogens is 156 g/mol. The quantitative estimate of drug-likeness (QED) is 0.641. The van der Waals surface area contributed by atoms with E-state index >= 15 is 0 Å². The molecule has 0 spiro atoms. The Morgan fingerprint density at radius 1 is 1.50 bits per heavy atom. The van der Waals surface area contributed by atoms with E-state index < -0.39 is 0 Å². The molecule has 0 radical (unpaired) electrons. The van der Waals surface area contributed by atoms with Crippen LogP contribution in [0.2, 0.25) is 0 Å². The second-order valence-electron chi connectivity index (χ2n) is 2.54. The SMILES string of the molecule is CCCC(=O)c1noc(CC)n1. The van der Waals surface area contributed by atoms with E-state index in [0.29, 0.717) is 18.7 Å². The van der Waals surface area contributed by atoms with Crippen molar-refractivity contribution in [3.8, 4) is 0 Å². The predicted octanol–water partition coefficient (Wildman–Crippen LogP) is 1.61. The van der Waals surface area contributed by atoms with E-state index in [1.54, 1.807) is 0 Å². The minimum absolute atomic E-state index is 0.0408. The molecule has 0 amide bonds. The first-order valence-electron chi connectivity index (χ1n) is 4.13. The van der Waals surface area contributed by atoms with Crippen LogP contribution in [0.5, 0.6) is 0 Å². The Morgan fingerprint density at radius 3 is 2.75 bits per heavy atom. The second-order valence-corrected chi connectivity index (χ2v) is 2.54. The molecule has 4 nitrogen and oxygen atoms in total. The van der Waals surface area contributed by atoms with Gasteiger partial charge in [0.2, 0.25) is 17.5 Å². The summed E-state index contributed by atoms with van der Waals surface area (Å²) in [5.74, 6) is 0.698. The van der Waals surface area contributed by atoms with Crippen molar-refractivity contribution in [3.63, 3.8) is 0 Å². The van der Waals surface area contributed by atoms with Crippen molar-refractivity contribution >= 4 is 5.78 Å². The van der Waals surface area contributed by atoms with Crippen molar-refractivity contribution in [1.29, 1.82) is 0 Å². The maximum atomic E-state index is 11.2. The Kier molecular flexibility index (Phi) is 2.96. The highest BCUT2D eigenvalue weighted by Gasteiger charge is 2.11. The van der Waals surface area contributed by atoms with Crippen LogP contribution in [0.4, 0.5) is 0 Å². The molecule has 0 atom stereocenters. The summed E-state index contributed by atoms with van der Waals surface area (Å²) in [5, 5.41) is 3.57. The van der Waals surface area contributed by atoms with Gasteiger partial charge >= 0.3 is 0 Å². The molecule has 0 aliphatic rings. The van der Waals surface area contributed by atoms with Crippen LogP contribution in [-0.4, -0.2) is 15.9 Å². The van der Waals surface area contributed by atoms with Crippen LogP contribution in [0.3, 0.4) is 0 Å². The molecule has 1 rings (SSSR count). The maximum Gasteiger partial charge on any atom is 0.238 e. The molecule has 0 saturated heterocycles.